The standard InChI is InChI=1S/C11H8Cl2O/c12-10-6-9(7-11(13)8-10)4-2-1-3-5-14/h1,3,6-8,14H,5H2/b3-1-. The number of hydrogen-bond acceptors (Lipinski definition) is 1. The summed E-state index contributed by atoms with van der Waals surface area (Å²) in [6, 6.07) is 5.11. The predicted molar refractivity (Wildman–Crippen MR) is 59.6 cm³/mol. The maximum Gasteiger partial charge on any atom is 0.0621 e. The minimum Gasteiger partial charge on any atom is -0.392 e. The van der Waals surface area contributed by atoms with Crippen molar-refractivity contribution in [1.82, 2.24) is 0 Å². The molecule has 1 nitrogen and oxygen atoms in total. The first-order valence-corrected chi connectivity index (χ1v) is 4.71. The molecule has 72 valence electrons. The number of benzene rings is 1. The third-order valence-electron chi connectivity index (χ3n) is 1.39. The highest BCUT2D eigenvalue weighted by molar-refractivity contribution is 6.34. The van der Waals surface area contributed by atoms with Crippen molar-refractivity contribution in [2.75, 3.05) is 6.61 Å². The monoisotopic (exact) mass is 226 g/mol. The van der Waals surface area contributed by atoms with Crippen LogP contribution in [-0.2, 0) is 0 Å². The van der Waals surface area contributed by atoms with Gasteiger partial charge in [0.25, 0.3) is 0 Å². The van der Waals surface area contributed by atoms with E-state index in [4.69, 9.17) is 28.3 Å². The lowest BCUT2D eigenvalue weighted by molar-refractivity contribution is 0.343. The van der Waals surface area contributed by atoms with Crippen molar-refractivity contribution in [3.05, 3.63) is 46.0 Å². The molecule has 0 unspecified atom stereocenters. The molecule has 0 fully saturated rings. The van der Waals surface area contributed by atoms with Gasteiger partial charge in [-0.1, -0.05) is 41.1 Å². The third-order valence-corrected chi connectivity index (χ3v) is 1.82. The molecule has 0 atom stereocenters. The number of aliphatic hydroxyl groups excluding tert-OH is 1. The maximum atomic E-state index is 8.45. The van der Waals surface area contributed by atoms with E-state index >= 15 is 0 Å². The summed E-state index contributed by atoms with van der Waals surface area (Å²) in [5.41, 5.74) is 0.755. The van der Waals surface area contributed by atoms with Crippen LogP contribution in [0.15, 0.2) is 30.4 Å². The SMILES string of the molecule is OC/C=C\C#Cc1cc(Cl)cc(Cl)c1. The third kappa shape index (κ3) is 3.85. The first-order valence-electron chi connectivity index (χ1n) is 3.96. The molecule has 0 amide bonds. The van der Waals surface area contributed by atoms with Gasteiger partial charge in [-0.15, -0.1) is 0 Å². The van der Waals surface area contributed by atoms with E-state index in [2.05, 4.69) is 11.8 Å². The van der Waals surface area contributed by atoms with E-state index < -0.39 is 0 Å². The Morgan fingerprint density at radius 2 is 1.86 bits per heavy atom. The number of halogens is 2. The Morgan fingerprint density at radius 1 is 1.21 bits per heavy atom. The van der Waals surface area contributed by atoms with E-state index in [0.717, 1.165) is 5.56 Å². The zero-order valence-electron chi connectivity index (χ0n) is 7.30. The number of hydrogen-bond donors (Lipinski definition) is 1. The van der Waals surface area contributed by atoms with Crippen molar-refractivity contribution in [2.24, 2.45) is 0 Å². The highest BCUT2D eigenvalue weighted by Gasteiger charge is 1.93. The van der Waals surface area contributed by atoms with Crippen LogP contribution in [0.3, 0.4) is 0 Å². The fourth-order valence-electron chi connectivity index (χ4n) is 0.863. The van der Waals surface area contributed by atoms with Crippen LogP contribution in [0.5, 0.6) is 0 Å². The summed E-state index contributed by atoms with van der Waals surface area (Å²) in [6.07, 6.45) is 3.13. The first kappa shape index (κ1) is 11.1. The summed E-state index contributed by atoms with van der Waals surface area (Å²) in [5.74, 6) is 5.59. The van der Waals surface area contributed by atoms with Gasteiger partial charge in [-0.25, -0.2) is 0 Å². The zero-order chi connectivity index (χ0) is 10.4. The largest absolute Gasteiger partial charge is 0.392 e. The Hall–Kier alpha value is -0.940. The van der Waals surface area contributed by atoms with Crippen LogP contribution in [0, 0.1) is 11.8 Å². The van der Waals surface area contributed by atoms with E-state index in [1.807, 2.05) is 0 Å². The molecule has 0 saturated carbocycles. The Bertz CT molecular complexity index is 379. The van der Waals surface area contributed by atoms with E-state index in [-0.39, 0.29) is 6.61 Å². The topological polar surface area (TPSA) is 20.2 Å². The van der Waals surface area contributed by atoms with E-state index in [0.29, 0.717) is 10.0 Å². The van der Waals surface area contributed by atoms with Gasteiger partial charge in [0.2, 0.25) is 0 Å². The average Bonchev–Trinajstić information content (AvgIpc) is 2.11. The second kappa shape index (κ2) is 5.72. The lowest BCUT2D eigenvalue weighted by Crippen LogP contribution is -1.74. The highest BCUT2D eigenvalue weighted by Crippen LogP contribution is 2.18. The average molecular weight is 227 g/mol. The molecular formula is C11H8Cl2O. The summed E-state index contributed by atoms with van der Waals surface area (Å²) in [6.45, 7) is -0.00895. The molecule has 0 aliphatic heterocycles. The van der Waals surface area contributed by atoms with Gasteiger partial charge in [-0.3, -0.25) is 0 Å². The minimum atomic E-state index is -0.00895. The van der Waals surface area contributed by atoms with Crippen molar-refractivity contribution < 1.29 is 5.11 Å². The maximum absolute atomic E-state index is 8.45. The number of rotatable bonds is 1. The molecule has 14 heavy (non-hydrogen) atoms. The summed E-state index contributed by atoms with van der Waals surface area (Å²) in [7, 11) is 0. The first-order chi connectivity index (χ1) is 6.72. The second-order valence-electron chi connectivity index (χ2n) is 2.51. The summed E-state index contributed by atoms with van der Waals surface area (Å²) in [4.78, 5) is 0. The molecule has 1 aromatic rings. The van der Waals surface area contributed by atoms with Crippen LogP contribution < -0.4 is 0 Å². The molecule has 1 rings (SSSR count). The van der Waals surface area contributed by atoms with Crippen molar-refractivity contribution >= 4 is 23.2 Å². The quantitative estimate of drug-likeness (QED) is 0.731. The van der Waals surface area contributed by atoms with Crippen molar-refractivity contribution in [3.63, 3.8) is 0 Å². The van der Waals surface area contributed by atoms with Crippen LogP contribution in [-0.4, -0.2) is 11.7 Å². The molecule has 0 radical (unpaired) electrons. The molecule has 0 aliphatic carbocycles. The molecule has 3 heteroatoms. The van der Waals surface area contributed by atoms with Crippen molar-refractivity contribution in [2.45, 2.75) is 0 Å². The zero-order valence-corrected chi connectivity index (χ0v) is 8.81. The molecule has 0 aromatic heterocycles. The number of allylic oxidation sites excluding steroid dienone is 1. The Labute approximate surface area is 93.0 Å². The van der Waals surface area contributed by atoms with Crippen LogP contribution in [0.2, 0.25) is 10.0 Å². The number of aliphatic hydroxyl groups is 1. The lowest BCUT2D eigenvalue weighted by atomic mass is 10.2. The van der Waals surface area contributed by atoms with Crippen LogP contribution in [0.4, 0.5) is 0 Å². The van der Waals surface area contributed by atoms with Gasteiger partial charge in [0, 0.05) is 15.6 Å². The Balaban J connectivity index is 2.84. The Morgan fingerprint density at radius 3 is 2.43 bits per heavy atom. The van der Waals surface area contributed by atoms with Gasteiger partial charge in [-0.2, -0.15) is 0 Å². The minimum absolute atomic E-state index is 0.00895. The second-order valence-corrected chi connectivity index (χ2v) is 3.39. The van der Waals surface area contributed by atoms with Gasteiger partial charge in [0.15, 0.2) is 0 Å². The van der Waals surface area contributed by atoms with Gasteiger partial charge in [-0.05, 0) is 24.3 Å². The van der Waals surface area contributed by atoms with Gasteiger partial charge in [0.1, 0.15) is 0 Å². The van der Waals surface area contributed by atoms with E-state index in [1.165, 1.54) is 0 Å². The van der Waals surface area contributed by atoms with E-state index in [9.17, 15) is 0 Å². The van der Waals surface area contributed by atoms with Crippen molar-refractivity contribution in [3.8, 4) is 11.8 Å². The summed E-state index contributed by atoms with van der Waals surface area (Å²) >= 11 is 11.6. The van der Waals surface area contributed by atoms with Crippen LogP contribution in [0.25, 0.3) is 0 Å². The smallest absolute Gasteiger partial charge is 0.0621 e. The molecular weight excluding hydrogens is 219 g/mol. The molecule has 1 aromatic carbocycles. The molecule has 0 bridgehead atoms. The fraction of sp³-hybridized carbons (Fsp3) is 0.0909. The summed E-state index contributed by atoms with van der Waals surface area (Å²) < 4.78 is 0. The molecule has 0 spiro atoms. The summed E-state index contributed by atoms with van der Waals surface area (Å²) in [5, 5.41) is 9.58. The van der Waals surface area contributed by atoms with Gasteiger partial charge >= 0.3 is 0 Å². The normalized spacial score (nSPS) is 9.93. The van der Waals surface area contributed by atoms with Gasteiger partial charge in [0.05, 0.1) is 6.61 Å². The molecule has 1 N–H and O–H groups in total. The van der Waals surface area contributed by atoms with E-state index in [1.54, 1.807) is 30.4 Å². The fourth-order valence-corrected chi connectivity index (χ4v) is 1.39. The van der Waals surface area contributed by atoms with Crippen molar-refractivity contribution in [1.29, 1.82) is 0 Å². The van der Waals surface area contributed by atoms with Crippen LogP contribution >= 0.6 is 23.2 Å². The highest BCUT2D eigenvalue weighted by atomic mass is 35.5. The molecule has 0 heterocycles. The molecule has 0 aliphatic rings. The predicted octanol–water partition coefficient (Wildman–Crippen LogP) is 2.89. The van der Waals surface area contributed by atoms with Gasteiger partial charge < -0.3 is 5.11 Å². The van der Waals surface area contributed by atoms with Crippen LogP contribution in [0.1, 0.15) is 5.56 Å². The lowest BCUT2D eigenvalue weighted by Gasteiger charge is -1.93. The molecule has 0 saturated heterocycles. The Kier molecular flexibility index (Phi) is 4.55.